The van der Waals surface area contributed by atoms with E-state index in [4.69, 9.17) is 14.2 Å². The van der Waals surface area contributed by atoms with Crippen LogP contribution in [-0.2, 0) is 20.4 Å². The van der Waals surface area contributed by atoms with Crippen LogP contribution in [0.3, 0.4) is 0 Å². The van der Waals surface area contributed by atoms with Crippen molar-refractivity contribution in [1.82, 2.24) is 19.9 Å². The van der Waals surface area contributed by atoms with Gasteiger partial charge in [0, 0.05) is 18.9 Å². The summed E-state index contributed by atoms with van der Waals surface area (Å²) in [5.41, 5.74) is -1.07. The normalized spacial score (nSPS) is 28.0. The molecule has 2 aromatic rings. The Balaban J connectivity index is 1.47. The minimum atomic E-state index is -4.58. The zero-order chi connectivity index (χ0) is 21.4. The van der Waals surface area contributed by atoms with E-state index in [0.717, 1.165) is 0 Å². The molecule has 2 aliphatic rings. The molecule has 2 aliphatic heterocycles. The predicted molar refractivity (Wildman–Crippen MR) is 98.5 cm³/mol. The van der Waals surface area contributed by atoms with Gasteiger partial charge in [0.15, 0.2) is 11.5 Å². The van der Waals surface area contributed by atoms with Crippen LogP contribution in [0.5, 0.6) is 0 Å². The van der Waals surface area contributed by atoms with E-state index in [-0.39, 0.29) is 18.5 Å². The van der Waals surface area contributed by atoms with Crippen LogP contribution in [0.15, 0.2) is 31.0 Å². The first kappa shape index (κ1) is 20.7. The van der Waals surface area contributed by atoms with Gasteiger partial charge in [-0.2, -0.15) is 13.2 Å². The van der Waals surface area contributed by atoms with Crippen LogP contribution in [0.2, 0.25) is 0 Å². The molecule has 0 amide bonds. The van der Waals surface area contributed by atoms with E-state index in [0.29, 0.717) is 18.6 Å². The smallest absolute Gasteiger partial charge is 0.371 e. The third kappa shape index (κ3) is 4.60. The second kappa shape index (κ2) is 7.93. The summed E-state index contributed by atoms with van der Waals surface area (Å²) in [5, 5.41) is 6.09. The molecule has 0 saturated carbocycles. The Labute approximate surface area is 170 Å². The first-order valence-corrected chi connectivity index (χ1v) is 9.34. The lowest BCUT2D eigenvalue weighted by atomic mass is 9.98. The van der Waals surface area contributed by atoms with Crippen LogP contribution >= 0.6 is 0 Å². The number of ether oxygens (including phenoxy) is 3. The number of halogens is 3. The van der Waals surface area contributed by atoms with E-state index in [9.17, 15) is 13.2 Å². The lowest BCUT2D eigenvalue weighted by molar-refractivity contribution is -0.152. The minimum Gasteiger partial charge on any atom is -0.371 e. The molecule has 4 heterocycles. The maximum absolute atomic E-state index is 12.9. The summed E-state index contributed by atoms with van der Waals surface area (Å²) in [6.45, 7) is 4.14. The molecule has 0 bridgehead atoms. The van der Waals surface area contributed by atoms with Crippen molar-refractivity contribution >= 4 is 11.6 Å². The molecule has 0 aromatic carbocycles. The minimum absolute atomic E-state index is 0.0124. The number of fused-ring (bicyclic) bond motifs is 1. The average Bonchev–Trinajstić information content (AvgIpc) is 3.03. The molecule has 4 atom stereocenters. The molecular weight excluding hydrogens is 405 g/mol. The number of anilines is 2. The highest BCUT2D eigenvalue weighted by molar-refractivity contribution is 5.35. The Bertz CT molecular complexity index is 870. The van der Waals surface area contributed by atoms with E-state index in [1.165, 1.54) is 6.20 Å². The van der Waals surface area contributed by atoms with Crippen LogP contribution in [0.25, 0.3) is 0 Å². The van der Waals surface area contributed by atoms with E-state index >= 15 is 0 Å². The van der Waals surface area contributed by atoms with Crippen molar-refractivity contribution in [3.05, 3.63) is 36.7 Å². The van der Waals surface area contributed by atoms with E-state index in [1.807, 2.05) is 0 Å². The number of aromatic nitrogens is 4. The molecule has 0 aliphatic carbocycles. The molecule has 2 N–H and O–H groups in total. The lowest BCUT2D eigenvalue weighted by Gasteiger charge is -2.37. The maximum atomic E-state index is 12.9. The Hall–Kier alpha value is -2.57. The fourth-order valence-electron chi connectivity index (χ4n) is 3.49. The molecule has 2 fully saturated rings. The zero-order valence-corrected chi connectivity index (χ0v) is 16.3. The third-order valence-corrected chi connectivity index (χ3v) is 4.72. The van der Waals surface area contributed by atoms with Gasteiger partial charge >= 0.3 is 6.18 Å². The number of nitrogens with one attached hydrogen (secondary N) is 2. The Morgan fingerprint density at radius 1 is 1.07 bits per heavy atom. The van der Waals surface area contributed by atoms with Crippen molar-refractivity contribution in [1.29, 1.82) is 0 Å². The van der Waals surface area contributed by atoms with E-state index in [2.05, 4.69) is 30.6 Å². The summed E-state index contributed by atoms with van der Waals surface area (Å²) in [5.74, 6) is -0.287. The van der Waals surface area contributed by atoms with Gasteiger partial charge in [0.25, 0.3) is 0 Å². The van der Waals surface area contributed by atoms with Gasteiger partial charge < -0.3 is 24.8 Å². The average molecular weight is 426 g/mol. The molecular formula is C18H21F3N6O3. The molecule has 0 radical (unpaired) electrons. The van der Waals surface area contributed by atoms with Gasteiger partial charge in [-0.15, -0.1) is 0 Å². The van der Waals surface area contributed by atoms with Crippen LogP contribution in [0, 0.1) is 0 Å². The molecule has 12 heteroatoms. The van der Waals surface area contributed by atoms with Crippen LogP contribution in [-0.4, -0.2) is 63.2 Å². The SMILES string of the molecule is CC1(C)O[C@@H]2[C@@H](O1)[C@@H](CNc1cnccn1)OC[C@@H]2Nc1cncc(C(F)(F)F)n1. The summed E-state index contributed by atoms with van der Waals surface area (Å²) < 4.78 is 56.8. The molecule has 2 saturated heterocycles. The van der Waals surface area contributed by atoms with Crippen molar-refractivity contribution in [3.63, 3.8) is 0 Å². The van der Waals surface area contributed by atoms with Crippen LogP contribution < -0.4 is 10.6 Å². The molecule has 162 valence electrons. The number of rotatable bonds is 5. The van der Waals surface area contributed by atoms with Gasteiger partial charge in [0.1, 0.15) is 29.9 Å². The molecule has 30 heavy (non-hydrogen) atoms. The first-order chi connectivity index (χ1) is 14.2. The topological polar surface area (TPSA) is 103 Å². The van der Waals surface area contributed by atoms with Crippen molar-refractivity contribution < 1.29 is 27.4 Å². The summed E-state index contributed by atoms with van der Waals surface area (Å²) in [4.78, 5) is 15.4. The number of nitrogens with zero attached hydrogens (tertiary/aromatic N) is 4. The van der Waals surface area contributed by atoms with Crippen molar-refractivity contribution in [2.45, 2.75) is 50.2 Å². The largest absolute Gasteiger partial charge is 0.434 e. The van der Waals surface area contributed by atoms with Gasteiger partial charge in [0.05, 0.1) is 31.2 Å². The van der Waals surface area contributed by atoms with Gasteiger partial charge in [-0.1, -0.05) is 0 Å². The van der Waals surface area contributed by atoms with Crippen LogP contribution in [0.1, 0.15) is 19.5 Å². The standard InChI is InChI=1S/C18H21F3N6O3/c1-17(2)29-15-10(26-14-8-23-6-12(27-14)18(19,20)21)9-28-11(16(15)30-17)5-25-13-7-22-3-4-24-13/h3-4,6-8,10-11,15-16H,5,9H2,1-2H3,(H,24,25)(H,26,27)/t10-,11+,15-,16-/m0/s1. The monoisotopic (exact) mass is 426 g/mol. The Morgan fingerprint density at radius 2 is 1.83 bits per heavy atom. The van der Waals surface area contributed by atoms with Gasteiger partial charge in [0.2, 0.25) is 0 Å². The predicted octanol–water partition coefficient (Wildman–Crippen LogP) is 2.10. The lowest BCUT2D eigenvalue weighted by Crippen LogP contribution is -2.56. The maximum Gasteiger partial charge on any atom is 0.434 e. The quantitative estimate of drug-likeness (QED) is 0.744. The number of hydrogen-bond donors (Lipinski definition) is 2. The summed E-state index contributed by atoms with van der Waals surface area (Å²) in [6, 6.07) is -0.470. The van der Waals surface area contributed by atoms with Gasteiger partial charge in [-0.25, -0.2) is 9.97 Å². The van der Waals surface area contributed by atoms with Crippen molar-refractivity contribution in [2.24, 2.45) is 0 Å². The molecule has 2 aromatic heterocycles. The van der Waals surface area contributed by atoms with Crippen molar-refractivity contribution in [2.75, 3.05) is 23.8 Å². The van der Waals surface area contributed by atoms with Gasteiger partial charge in [-0.3, -0.25) is 9.97 Å². The molecule has 0 spiro atoms. The van der Waals surface area contributed by atoms with Crippen molar-refractivity contribution in [3.8, 4) is 0 Å². The highest BCUT2D eigenvalue weighted by Crippen LogP contribution is 2.36. The van der Waals surface area contributed by atoms with Crippen LogP contribution in [0.4, 0.5) is 24.8 Å². The summed E-state index contributed by atoms with van der Waals surface area (Å²) in [7, 11) is 0. The fourth-order valence-corrected chi connectivity index (χ4v) is 3.49. The van der Waals surface area contributed by atoms with E-state index < -0.39 is 35.9 Å². The van der Waals surface area contributed by atoms with Gasteiger partial charge in [-0.05, 0) is 13.8 Å². The molecule has 0 unspecified atom stereocenters. The number of alkyl halides is 3. The zero-order valence-electron chi connectivity index (χ0n) is 16.3. The second-order valence-corrected chi connectivity index (χ2v) is 7.45. The molecule has 9 nitrogen and oxygen atoms in total. The third-order valence-electron chi connectivity index (χ3n) is 4.72. The molecule has 4 rings (SSSR count). The highest BCUT2D eigenvalue weighted by atomic mass is 19.4. The number of hydrogen-bond acceptors (Lipinski definition) is 9. The highest BCUT2D eigenvalue weighted by Gasteiger charge is 2.52. The summed E-state index contributed by atoms with van der Waals surface area (Å²) in [6.07, 6.45) is 0.792. The Morgan fingerprint density at radius 3 is 2.57 bits per heavy atom. The van der Waals surface area contributed by atoms with E-state index in [1.54, 1.807) is 32.4 Å². The Kier molecular flexibility index (Phi) is 5.47. The second-order valence-electron chi connectivity index (χ2n) is 7.45. The first-order valence-electron chi connectivity index (χ1n) is 9.34. The summed E-state index contributed by atoms with van der Waals surface area (Å²) >= 11 is 0. The fraction of sp³-hybridized carbons (Fsp3) is 0.556.